The summed E-state index contributed by atoms with van der Waals surface area (Å²) in [6, 6.07) is 15.2. The second kappa shape index (κ2) is 9.14. The Morgan fingerprint density at radius 1 is 1.11 bits per heavy atom. The molecule has 0 bridgehead atoms. The Bertz CT molecular complexity index is 847. The van der Waals surface area contributed by atoms with E-state index in [0.717, 1.165) is 16.3 Å². The van der Waals surface area contributed by atoms with Crippen molar-refractivity contribution >= 4 is 23.1 Å². The van der Waals surface area contributed by atoms with E-state index in [2.05, 4.69) is 34.7 Å². The van der Waals surface area contributed by atoms with E-state index in [-0.39, 0.29) is 6.03 Å². The third kappa shape index (κ3) is 5.52. The minimum Gasteiger partial charge on any atom is -0.475 e. The highest BCUT2D eigenvalue weighted by molar-refractivity contribution is 7.13. The number of ether oxygens (including phenoxy) is 1. The molecule has 0 unspecified atom stereocenters. The molecule has 0 aliphatic carbocycles. The molecule has 0 atom stereocenters. The highest BCUT2D eigenvalue weighted by Gasteiger charge is 2.05. The number of rotatable bonds is 7. The van der Waals surface area contributed by atoms with Crippen LogP contribution in [-0.2, 0) is 0 Å². The van der Waals surface area contributed by atoms with Crippen molar-refractivity contribution < 1.29 is 9.53 Å². The Morgan fingerprint density at radius 2 is 1.93 bits per heavy atom. The molecule has 2 heterocycles. The molecular weight excluding hydrogens is 360 g/mol. The topological polar surface area (TPSA) is 76.1 Å². The minimum atomic E-state index is -0.268. The summed E-state index contributed by atoms with van der Waals surface area (Å²) in [5.74, 6) is 0.897. The molecular formula is C20H22N4O2S. The van der Waals surface area contributed by atoms with Gasteiger partial charge in [0.1, 0.15) is 12.3 Å². The number of amides is 2. The zero-order valence-corrected chi connectivity index (χ0v) is 16.1. The van der Waals surface area contributed by atoms with Gasteiger partial charge in [-0.05, 0) is 41.1 Å². The summed E-state index contributed by atoms with van der Waals surface area (Å²) in [4.78, 5) is 13.0. The first kappa shape index (κ1) is 18.8. The van der Waals surface area contributed by atoms with Crippen molar-refractivity contribution in [1.29, 1.82) is 0 Å². The standard InChI is InChI=1S/C20H22N4O2S/c1-14(2)15-5-7-16(8-6-15)22-20(25)21-11-12-26-19-10-9-17(23-24-19)18-4-3-13-27-18/h3-10,13-14H,11-12H2,1-2H3,(H2,21,22,25). The number of anilines is 1. The first-order chi connectivity index (χ1) is 13.1. The molecule has 0 aliphatic heterocycles. The summed E-state index contributed by atoms with van der Waals surface area (Å²) < 4.78 is 5.51. The molecule has 27 heavy (non-hydrogen) atoms. The van der Waals surface area contributed by atoms with Crippen LogP contribution >= 0.6 is 11.3 Å². The lowest BCUT2D eigenvalue weighted by Gasteiger charge is -2.10. The largest absolute Gasteiger partial charge is 0.475 e. The van der Waals surface area contributed by atoms with Gasteiger partial charge in [0, 0.05) is 11.8 Å². The van der Waals surface area contributed by atoms with E-state index in [1.807, 2.05) is 47.8 Å². The van der Waals surface area contributed by atoms with E-state index in [1.165, 1.54) is 5.56 Å². The number of benzene rings is 1. The SMILES string of the molecule is CC(C)c1ccc(NC(=O)NCCOc2ccc(-c3cccs3)nn2)cc1. The molecule has 2 amide bonds. The Balaban J connectivity index is 1.38. The average Bonchev–Trinajstić information content (AvgIpc) is 3.21. The number of urea groups is 1. The zero-order valence-electron chi connectivity index (χ0n) is 15.3. The number of aromatic nitrogens is 2. The monoisotopic (exact) mass is 382 g/mol. The van der Waals surface area contributed by atoms with Gasteiger partial charge >= 0.3 is 6.03 Å². The van der Waals surface area contributed by atoms with Crippen LogP contribution in [0.3, 0.4) is 0 Å². The van der Waals surface area contributed by atoms with Crippen molar-refractivity contribution in [2.45, 2.75) is 19.8 Å². The van der Waals surface area contributed by atoms with Crippen LogP contribution in [0.5, 0.6) is 5.88 Å². The predicted molar refractivity (Wildman–Crippen MR) is 108 cm³/mol. The van der Waals surface area contributed by atoms with Crippen molar-refractivity contribution in [1.82, 2.24) is 15.5 Å². The van der Waals surface area contributed by atoms with Crippen LogP contribution in [0.2, 0.25) is 0 Å². The average molecular weight is 382 g/mol. The normalized spacial score (nSPS) is 10.6. The van der Waals surface area contributed by atoms with E-state index >= 15 is 0 Å². The lowest BCUT2D eigenvalue weighted by Crippen LogP contribution is -2.32. The van der Waals surface area contributed by atoms with E-state index in [1.54, 1.807) is 17.4 Å². The number of thiophene rings is 1. The van der Waals surface area contributed by atoms with Gasteiger partial charge in [0.15, 0.2) is 0 Å². The van der Waals surface area contributed by atoms with E-state index in [4.69, 9.17) is 4.74 Å². The fourth-order valence-electron chi connectivity index (χ4n) is 2.40. The van der Waals surface area contributed by atoms with Crippen molar-refractivity contribution in [2.75, 3.05) is 18.5 Å². The lowest BCUT2D eigenvalue weighted by molar-refractivity contribution is 0.246. The van der Waals surface area contributed by atoms with Gasteiger partial charge < -0.3 is 15.4 Å². The molecule has 6 nitrogen and oxygen atoms in total. The summed E-state index contributed by atoms with van der Waals surface area (Å²) >= 11 is 1.61. The number of hydrogen-bond acceptors (Lipinski definition) is 5. The fourth-order valence-corrected chi connectivity index (χ4v) is 3.09. The predicted octanol–water partition coefficient (Wildman–Crippen LogP) is 4.53. The van der Waals surface area contributed by atoms with Crippen LogP contribution in [0.15, 0.2) is 53.9 Å². The molecule has 2 N–H and O–H groups in total. The number of nitrogens with one attached hydrogen (secondary N) is 2. The Hall–Kier alpha value is -2.93. The van der Waals surface area contributed by atoms with Gasteiger partial charge in [0.25, 0.3) is 0 Å². The maximum Gasteiger partial charge on any atom is 0.319 e. The second-order valence-corrected chi connectivity index (χ2v) is 7.19. The number of hydrogen-bond donors (Lipinski definition) is 2. The highest BCUT2D eigenvalue weighted by Crippen LogP contribution is 2.22. The van der Waals surface area contributed by atoms with Gasteiger partial charge in [0.2, 0.25) is 5.88 Å². The van der Waals surface area contributed by atoms with Crippen molar-refractivity contribution in [3.8, 4) is 16.5 Å². The molecule has 140 valence electrons. The lowest BCUT2D eigenvalue weighted by atomic mass is 10.0. The van der Waals surface area contributed by atoms with Crippen LogP contribution in [0.4, 0.5) is 10.5 Å². The van der Waals surface area contributed by atoms with Crippen LogP contribution in [0.1, 0.15) is 25.3 Å². The van der Waals surface area contributed by atoms with E-state index < -0.39 is 0 Å². The Kier molecular flexibility index (Phi) is 6.38. The smallest absolute Gasteiger partial charge is 0.319 e. The molecule has 0 spiro atoms. The van der Waals surface area contributed by atoms with Crippen LogP contribution in [0, 0.1) is 0 Å². The van der Waals surface area contributed by atoms with Crippen molar-refractivity contribution in [2.24, 2.45) is 0 Å². The molecule has 7 heteroatoms. The highest BCUT2D eigenvalue weighted by atomic mass is 32.1. The van der Waals surface area contributed by atoms with Crippen molar-refractivity contribution in [3.63, 3.8) is 0 Å². The molecule has 0 radical (unpaired) electrons. The molecule has 0 saturated carbocycles. The maximum atomic E-state index is 11.9. The second-order valence-electron chi connectivity index (χ2n) is 6.24. The maximum absolute atomic E-state index is 11.9. The zero-order chi connectivity index (χ0) is 19.1. The molecule has 0 aliphatic rings. The third-order valence-electron chi connectivity index (χ3n) is 3.89. The van der Waals surface area contributed by atoms with Gasteiger partial charge in [-0.25, -0.2) is 4.79 Å². The molecule has 3 aromatic rings. The quantitative estimate of drug-likeness (QED) is 0.589. The summed E-state index contributed by atoms with van der Waals surface area (Å²) in [6.45, 7) is 4.95. The summed E-state index contributed by atoms with van der Waals surface area (Å²) in [5, 5.41) is 15.7. The van der Waals surface area contributed by atoms with Gasteiger partial charge in [-0.1, -0.05) is 32.0 Å². The van der Waals surface area contributed by atoms with Gasteiger partial charge in [0.05, 0.1) is 11.4 Å². The van der Waals surface area contributed by atoms with Crippen LogP contribution in [0.25, 0.3) is 10.6 Å². The first-order valence-electron chi connectivity index (χ1n) is 8.77. The Morgan fingerprint density at radius 3 is 2.56 bits per heavy atom. The minimum absolute atomic E-state index is 0.268. The van der Waals surface area contributed by atoms with Crippen LogP contribution < -0.4 is 15.4 Å². The summed E-state index contributed by atoms with van der Waals surface area (Å²) in [6.07, 6.45) is 0. The number of nitrogens with zero attached hydrogens (tertiary/aromatic N) is 2. The van der Waals surface area contributed by atoms with Crippen LogP contribution in [-0.4, -0.2) is 29.4 Å². The number of carbonyl (C=O) groups is 1. The Labute approximate surface area is 162 Å². The van der Waals surface area contributed by atoms with E-state index in [0.29, 0.717) is 24.9 Å². The summed E-state index contributed by atoms with van der Waals surface area (Å²) in [7, 11) is 0. The molecule has 2 aromatic heterocycles. The molecule has 0 fully saturated rings. The van der Waals surface area contributed by atoms with Gasteiger partial charge in [-0.15, -0.1) is 21.5 Å². The van der Waals surface area contributed by atoms with Crippen molar-refractivity contribution in [3.05, 3.63) is 59.5 Å². The molecule has 1 aromatic carbocycles. The summed E-state index contributed by atoms with van der Waals surface area (Å²) in [5.41, 5.74) is 2.81. The van der Waals surface area contributed by atoms with E-state index in [9.17, 15) is 4.79 Å². The van der Waals surface area contributed by atoms with Gasteiger partial charge in [-0.2, -0.15) is 0 Å². The van der Waals surface area contributed by atoms with Gasteiger partial charge in [-0.3, -0.25) is 0 Å². The number of carbonyl (C=O) groups excluding carboxylic acids is 1. The molecule has 0 saturated heterocycles. The first-order valence-corrected chi connectivity index (χ1v) is 9.65. The molecule has 3 rings (SSSR count). The fraction of sp³-hybridized carbons (Fsp3) is 0.250. The third-order valence-corrected chi connectivity index (χ3v) is 4.78.